The Labute approximate surface area is 177 Å². The highest BCUT2D eigenvalue weighted by atomic mass is 19.2. The maximum absolute atomic E-state index is 14.9. The predicted octanol–water partition coefficient (Wildman–Crippen LogP) is 3.21. The van der Waals surface area contributed by atoms with Gasteiger partial charge in [0.2, 0.25) is 11.8 Å². The van der Waals surface area contributed by atoms with Crippen LogP contribution in [0, 0.1) is 28.8 Å². The van der Waals surface area contributed by atoms with E-state index < -0.39 is 64.1 Å². The van der Waals surface area contributed by atoms with Gasteiger partial charge in [0.15, 0.2) is 11.6 Å². The first-order valence-corrected chi connectivity index (χ1v) is 10.6. The zero-order valence-corrected chi connectivity index (χ0v) is 17.2. The molecule has 2 amide bonds. The number of carbonyl (C=O) groups excluding carboxylic acids is 2. The van der Waals surface area contributed by atoms with E-state index in [0.29, 0.717) is 18.9 Å². The minimum Gasteiger partial charge on any atom is -0.391 e. The molecule has 3 saturated carbocycles. The molecular formula is C22H26F4N2O3. The van der Waals surface area contributed by atoms with Crippen molar-refractivity contribution in [3.05, 3.63) is 35.1 Å². The predicted molar refractivity (Wildman–Crippen MR) is 103 cm³/mol. The largest absolute Gasteiger partial charge is 0.391 e. The van der Waals surface area contributed by atoms with E-state index in [1.54, 1.807) is 0 Å². The van der Waals surface area contributed by atoms with Crippen molar-refractivity contribution in [3.63, 3.8) is 0 Å². The Morgan fingerprint density at radius 2 is 1.74 bits per heavy atom. The average molecular weight is 442 g/mol. The van der Waals surface area contributed by atoms with Crippen LogP contribution in [-0.2, 0) is 9.59 Å². The number of carbonyl (C=O) groups is 2. The van der Waals surface area contributed by atoms with Crippen molar-refractivity contribution in [2.45, 2.75) is 75.7 Å². The Balaban J connectivity index is 1.63. The molecule has 3 aliphatic carbocycles. The highest BCUT2D eigenvalue weighted by Crippen LogP contribution is 2.63. The molecule has 3 fully saturated rings. The van der Waals surface area contributed by atoms with Crippen LogP contribution in [0.5, 0.6) is 0 Å². The summed E-state index contributed by atoms with van der Waals surface area (Å²) >= 11 is 0. The SMILES string of the molecule is CC(=O)N[C@H]1C[C@@H](C(=O)N[C@H](c2c(F)ccc(F)c2F)C23CCC(F)(CC2)C3)C[C@H]1O. The number of benzene rings is 1. The Hall–Kier alpha value is -2.16. The molecule has 0 heterocycles. The van der Waals surface area contributed by atoms with Gasteiger partial charge >= 0.3 is 0 Å². The number of aliphatic hydroxyl groups excluding tert-OH is 1. The van der Waals surface area contributed by atoms with Crippen LogP contribution < -0.4 is 10.6 Å². The lowest BCUT2D eigenvalue weighted by Gasteiger charge is -2.37. The molecule has 1 aromatic rings. The molecule has 0 saturated heterocycles. The number of hydrogen-bond donors (Lipinski definition) is 3. The van der Waals surface area contributed by atoms with Gasteiger partial charge in [-0.15, -0.1) is 0 Å². The van der Waals surface area contributed by atoms with Crippen LogP contribution in [-0.4, -0.2) is 34.7 Å². The molecule has 3 aliphatic rings. The van der Waals surface area contributed by atoms with Crippen molar-refractivity contribution in [1.29, 1.82) is 0 Å². The maximum atomic E-state index is 14.9. The number of fused-ring (bicyclic) bond motifs is 2. The number of halogens is 4. The molecule has 0 radical (unpaired) electrons. The van der Waals surface area contributed by atoms with E-state index >= 15 is 0 Å². The van der Waals surface area contributed by atoms with Gasteiger partial charge in [-0.1, -0.05) is 0 Å². The van der Waals surface area contributed by atoms with Crippen LogP contribution in [0.25, 0.3) is 0 Å². The minimum atomic E-state index is -1.44. The Morgan fingerprint density at radius 3 is 2.32 bits per heavy atom. The van der Waals surface area contributed by atoms with Gasteiger partial charge in [0.25, 0.3) is 0 Å². The lowest BCUT2D eigenvalue weighted by Crippen LogP contribution is -2.43. The molecule has 5 nitrogen and oxygen atoms in total. The van der Waals surface area contributed by atoms with Crippen molar-refractivity contribution in [2.75, 3.05) is 0 Å². The van der Waals surface area contributed by atoms with Crippen molar-refractivity contribution in [3.8, 4) is 0 Å². The number of alkyl halides is 1. The van der Waals surface area contributed by atoms with Crippen LogP contribution in [0.4, 0.5) is 17.6 Å². The number of amides is 2. The summed E-state index contributed by atoms with van der Waals surface area (Å²) in [7, 11) is 0. The van der Waals surface area contributed by atoms with Gasteiger partial charge in [-0.05, 0) is 62.5 Å². The fourth-order valence-corrected chi connectivity index (χ4v) is 5.82. The third kappa shape index (κ3) is 3.92. The second kappa shape index (κ2) is 7.76. The Bertz CT molecular complexity index is 901. The summed E-state index contributed by atoms with van der Waals surface area (Å²) in [5, 5.41) is 15.4. The van der Waals surface area contributed by atoms with Gasteiger partial charge in [-0.25, -0.2) is 17.6 Å². The van der Waals surface area contributed by atoms with E-state index in [9.17, 15) is 32.3 Å². The highest BCUT2D eigenvalue weighted by molar-refractivity contribution is 5.80. The first-order valence-electron chi connectivity index (χ1n) is 10.6. The smallest absolute Gasteiger partial charge is 0.223 e. The van der Waals surface area contributed by atoms with Crippen LogP contribution in [0.1, 0.15) is 63.5 Å². The molecule has 0 spiro atoms. The zero-order valence-electron chi connectivity index (χ0n) is 17.2. The lowest BCUT2D eigenvalue weighted by molar-refractivity contribution is -0.127. The normalized spacial score (nSPS) is 35.2. The fraction of sp³-hybridized carbons (Fsp3) is 0.636. The molecular weight excluding hydrogens is 416 g/mol. The molecule has 1 aromatic carbocycles. The fourth-order valence-electron chi connectivity index (χ4n) is 5.82. The summed E-state index contributed by atoms with van der Waals surface area (Å²) in [6, 6.07) is -0.349. The first kappa shape index (κ1) is 22.0. The van der Waals surface area contributed by atoms with E-state index in [0.717, 1.165) is 6.07 Å². The number of aliphatic hydroxyl groups is 1. The van der Waals surface area contributed by atoms with E-state index in [-0.39, 0.29) is 38.0 Å². The van der Waals surface area contributed by atoms with Crippen LogP contribution in [0.15, 0.2) is 12.1 Å². The minimum absolute atomic E-state index is 0.0438. The molecule has 0 unspecified atom stereocenters. The highest BCUT2D eigenvalue weighted by Gasteiger charge is 2.59. The van der Waals surface area contributed by atoms with E-state index in [1.165, 1.54) is 6.92 Å². The second-order valence-electron chi connectivity index (χ2n) is 9.43. The zero-order chi connectivity index (χ0) is 22.6. The quantitative estimate of drug-likeness (QED) is 0.484. The Morgan fingerprint density at radius 1 is 1.10 bits per heavy atom. The third-order valence-corrected chi connectivity index (χ3v) is 7.37. The molecule has 0 aromatic heterocycles. The summed E-state index contributed by atoms with van der Waals surface area (Å²) < 4.78 is 58.3. The molecule has 3 N–H and O–H groups in total. The van der Waals surface area contributed by atoms with Gasteiger partial charge < -0.3 is 15.7 Å². The van der Waals surface area contributed by atoms with Crippen molar-refractivity contribution in [2.24, 2.45) is 11.3 Å². The van der Waals surface area contributed by atoms with Crippen molar-refractivity contribution in [1.82, 2.24) is 10.6 Å². The van der Waals surface area contributed by atoms with Crippen LogP contribution in [0.2, 0.25) is 0 Å². The number of nitrogens with one attached hydrogen (secondary N) is 2. The van der Waals surface area contributed by atoms with Gasteiger partial charge in [0.05, 0.1) is 18.2 Å². The van der Waals surface area contributed by atoms with E-state index in [2.05, 4.69) is 10.6 Å². The summed E-state index contributed by atoms with van der Waals surface area (Å²) in [5.74, 6) is -5.23. The molecule has 4 rings (SSSR count). The van der Waals surface area contributed by atoms with Crippen molar-refractivity contribution < 1.29 is 32.3 Å². The summed E-state index contributed by atoms with van der Waals surface area (Å²) in [4.78, 5) is 24.4. The molecule has 31 heavy (non-hydrogen) atoms. The van der Waals surface area contributed by atoms with E-state index in [4.69, 9.17) is 0 Å². The van der Waals surface area contributed by atoms with Crippen LogP contribution >= 0.6 is 0 Å². The monoisotopic (exact) mass is 442 g/mol. The maximum Gasteiger partial charge on any atom is 0.223 e. The second-order valence-corrected chi connectivity index (χ2v) is 9.43. The summed E-state index contributed by atoms with van der Waals surface area (Å²) in [6.07, 6.45) is 0.440. The van der Waals surface area contributed by atoms with Gasteiger partial charge in [0.1, 0.15) is 11.5 Å². The standard InChI is InChI=1S/C22H26F4N2O3/c1-11(29)27-15-8-12(9-16(15)30)20(31)28-19(17-13(23)2-3-14(24)18(17)25)21-4-6-22(26,10-21)7-5-21/h2-3,12,15-16,19,30H,4-10H2,1H3,(H,27,29)(H,28,31)/t12-,15+,16-,19-,21?,22?/m1/s1. The summed E-state index contributed by atoms with van der Waals surface area (Å²) in [6.45, 7) is 1.30. The van der Waals surface area contributed by atoms with Gasteiger partial charge in [-0.2, -0.15) is 0 Å². The molecule has 4 atom stereocenters. The van der Waals surface area contributed by atoms with Crippen LogP contribution in [0.3, 0.4) is 0 Å². The molecule has 9 heteroatoms. The third-order valence-electron chi connectivity index (χ3n) is 7.37. The first-order chi connectivity index (χ1) is 14.5. The van der Waals surface area contributed by atoms with Crippen molar-refractivity contribution >= 4 is 11.8 Å². The molecule has 2 bridgehead atoms. The summed E-state index contributed by atoms with van der Waals surface area (Å²) in [5.41, 5.74) is -2.94. The average Bonchev–Trinajstić information content (AvgIpc) is 3.35. The number of hydrogen-bond acceptors (Lipinski definition) is 3. The lowest BCUT2D eigenvalue weighted by atomic mass is 9.74. The van der Waals surface area contributed by atoms with E-state index in [1.807, 2.05) is 0 Å². The molecule has 170 valence electrons. The topological polar surface area (TPSA) is 78.4 Å². The van der Waals surface area contributed by atoms with Gasteiger partial charge in [-0.3, -0.25) is 9.59 Å². The van der Waals surface area contributed by atoms with Gasteiger partial charge in [0, 0.05) is 18.4 Å². The number of rotatable bonds is 5. The molecule has 0 aliphatic heterocycles. The Kier molecular flexibility index (Phi) is 5.52.